The van der Waals surface area contributed by atoms with Crippen molar-refractivity contribution in [3.8, 4) is 0 Å². The van der Waals surface area contributed by atoms with Crippen LogP contribution in [-0.4, -0.2) is 10.8 Å². The minimum absolute atomic E-state index is 0.120. The summed E-state index contributed by atoms with van der Waals surface area (Å²) < 4.78 is 18.7. The van der Waals surface area contributed by atoms with Gasteiger partial charge in [0.1, 0.15) is 17.3 Å². The fourth-order valence-corrected chi connectivity index (χ4v) is 2.84. The van der Waals surface area contributed by atoms with Crippen LogP contribution in [0.4, 0.5) is 4.39 Å². The van der Waals surface area contributed by atoms with Crippen molar-refractivity contribution in [1.82, 2.24) is 4.90 Å². The fourth-order valence-electron chi connectivity index (χ4n) is 2.84. The molecule has 3 nitrogen and oxygen atoms in total. The van der Waals surface area contributed by atoms with E-state index in [0.29, 0.717) is 19.5 Å². The average molecular weight is 345 g/mol. The van der Waals surface area contributed by atoms with Gasteiger partial charge in [-0.2, -0.15) is 0 Å². The van der Waals surface area contributed by atoms with Crippen molar-refractivity contribution in [3.63, 3.8) is 0 Å². The Morgan fingerprint density at radius 1 is 1.00 bits per heavy atom. The largest absolute Gasteiger partial charge is 0.464 e. The summed E-state index contributed by atoms with van der Waals surface area (Å²) in [4.78, 5) is 14.5. The molecule has 136 valence electrons. The monoisotopic (exact) mass is 345 g/mol. The van der Waals surface area contributed by atoms with Crippen LogP contribution in [-0.2, 0) is 17.9 Å². The highest BCUT2D eigenvalue weighted by atomic mass is 19.1. The Hall–Kier alpha value is -2.10. The summed E-state index contributed by atoms with van der Waals surface area (Å²) in [5.41, 5.74) is 0.920. The lowest BCUT2D eigenvalue weighted by molar-refractivity contribution is -0.132. The first kappa shape index (κ1) is 19.2. The molecule has 1 aromatic heterocycles. The summed E-state index contributed by atoms with van der Waals surface area (Å²) in [6, 6.07) is 10.1. The van der Waals surface area contributed by atoms with Gasteiger partial charge in [0.25, 0.3) is 0 Å². The molecule has 0 aliphatic heterocycles. The van der Waals surface area contributed by atoms with Gasteiger partial charge in [-0.15, -0.1) is 0 Å². The number of aryl methyl sites for hydroxylation is 1. The first-order chi connectivity index (χ1) is 12.1. The highest BCUT2D eigenvalue weighted by Gasteiger charge is 2.16. The van der Waals surface area contributed by atoms with E-state index in [-0.39, 0.29) is 11.7 Å². The number of benzene rings is 1. The molecule has 0 atom stereocenters. The van der Waals surface area contributed by atoms with Gasteiger partial charge in [-0.05, 0) is 43.2 Å². The lowest BCUT2D eigenvalue weighted by Gasteiger charge is -2.22. The Balaban J connectivity index is 1.97. The Morgan fingerprint density at radius 3 is 2.36 bits per heavy atom. The van der Waals surface area contributed by atoms with Crippen molar-refractivity contribution in [3.05, 3.63) is 59.3 Å². The second-order valence-electron chi connectivity index (χ2n) is 6.55. The van der Waals surface area contributed by atoms with Crippen LogP contribution < -0.4 is 0 Å². The molecule has 0 aliphatic rings. The average Bonchev–Trinajstić information content (AvgIpc) is 3.01. The van der Waals surface area contributed by atoms with Crippen molar-refractivity contribution < 1.29 is 13.6 Å². The first-order valence-electron chi connectivity index (χ1n) is 9.16. The molecular formula is C21H28FNO2. The maximum atomic E-state index is 13.1. The summed E-state index contributed by atoms with van der Waals surface area (Å²) in [5.74, 6) is 1.47. The molecule has 0 N–H and O–H groups in total. The van der Waals surface area contributed by atoms with Gasteiger partial charge in [-0.1, -0.05) is 44.7 Å². The molecule has 0 bridgehead atoms. The number of carbonyl (C=O) groups is 1. The normalized spacial score (nSPS) is 10.8. The van der Waals surface area contributed by atoms with Gasteiger partial charge in [0.15, 0.2) is 0 Å². The topological polar surface area (TPSA) is 33.5 Å². The number of nitrogens with zero attached hydrogens (tertiary/aromatic N) is 1. The van der Waals surface area contributed by atoms with Crippen LogP contribution in [0.3, 0.4) is 0 Å². The van der Waals surface area contributed by atoms with E-state index >= 15 is 0 Å². The number of hydrogen-bond donors (Lipinski definition) is 0. The second kappa shape index (κ2) is 10.0. The van der Waals surface area contributed by atoms with E-state index in [0.717, 1.165) is 29.9 Å². The van der Waals surface area contributed by atoms with Gasteiger partial charge in [0.2, 0.25) is 5.91 Å². The molecule has 0 spiro atoms. The maximum absolute atomic E-state index is 13.1. The molecule has 2 rings (SSSR count). The number of hydrogen-bond acceptors (Lipinski definition) is 2. The minimum Gasteiger partial charge on any atom is -0.464 e. The predicted octanol–water partition coefficient (Wildman–Crippen LogP) is 5.62. The van der Waals surface area contributed by atoms with Crippen molar-refractivity contribution in [1.29, 1.82) is 0 Å². The zero-order chi connectivity index (χ0) is 18.1. The number of amides is 1. The zero-order valence-corrected chi connectivity index (χ0v) is 15.3. The SMILES string of the molecule is CCCCCCCC(=O)N(Cc1ccc(F)cc1)Cc1ccc(C)o1. The highest BCUT2D eigenvalue weighted by Crippen LogP contribution is 2.16. The predicted molar refractivity (Wildman–Crippen MR) is 97.5 cm³/mol. The Bertz CT molecular complexity index is 648. The molecule has 25 heavy (non-hydrogen) atoms. The molecule has 1 aromatic carbocycles. The lowest BCUT2D eigenvalue weighted by Crippen LogP contribution is -2.29. The second-order valence-corrected chi connectivity index (χ2v) is 6.55. The van der Waals surface area contributed by atoms with E-state index in [2.05, 4.69) is 6.92 Å². The molecule has 0 fully saturated rings. The maximum Gasteiger partial charge on any atom is 0.223 e. The van der Waals surface area contributed by atoms with Crippen LogP contribution >= 0.6 is 0 Å². The third-order valence-electron chi connectivity index (χ3n) is 4.28. The van der Waals surface area contributed by atoms with E-state index in [9.17, 15) is 9.18 Å². The molecular weight excluding hydrogens is 317 g/mol. The number of unbranched alkanes of at least 4 members (excludes halogenated alkanes) is 4. The van der Waals surface area contributed by atoms with Gasteiger partial charge in [-0.25, -0.2) is 4.39 Å². The van der Waals surface area contributed by atoms with Crippen LogP contribution in [0.25, 0.3) is 0 Å². The smallest absolute Gasteiger partial charge is 0.223 e. The number of carbonyl (C=O) groups excluding carboxylic acids is 1. The Morgan fingerprint density at radius 2 is 1.72 bits per heavy atom. The van der Waals surface area contributed by atoms with E-state index in [1.807, 2.05) is 19.1 Å². The van der Waals surface area contributed by atoms with Gasteiger partial charge >= 0.3 is 0 Å². The molecule has 2 aromatic rings. The van der Waals surface area contributed by atoms with Gasteiger partial charge in [-0.3, -0.25) is 4.79 Å². The molecule has 0 radical (unpaired) electrons. The van der Waals surface area contributed by atoms with Gasteiger partial charge in [0.05, 0.1) is 6.54 Å². The highest BCUT2D eigenvalue weighted by molar-refractivity contribution is 5.76. The number of halogens is 1. The van der Waals surface area contributed by atoms with Gasteiger partial charge in [0, 0.05) is 13.0 Å². The summed E-state index contributed by atoms with van der Waals surface area (Å²) in [6.45, 7) is 4.98. The summed E-state index contributed by atoms with van der Waals surface area (Å²) >= 11 is 0. The Kier molecular flexibility index (Phi) is 7.71. The first-order valence-corrected chi connectivity index (χ1v) is 9.16. The molecule has 1 heterocycles. The zero-order valence-electron chi connectivity index (χ0n) is 15.3. The number of rotatable bonds is 10. The summed E-state index contributed by atoms with van der Waals surface area (Å²) in [5, 5.41) is 0. The van der Waals surface area contributed by atoms with E-state index in [1.54, 1.807) is 17.0 Å². The standard InChI is InChI=1S/C21H28FNO2/c1-3-4-5-6-7-8-21(24)23(16-20-14-9-17(2)25-20)15-18-10-12-19(22)13-11-18/h9-14H,3-8,15-16H2,1-2H3. The van der Waals surface area contributed by atoms with E-state index in [1.165, 1.54) is 31.4 Å². The van der Waals surface area contributed by atoms with Crippen LogP contribution in [0, 0.1) is 12.7 Å². The minimum atomic E-state index is -0.265. The van der Waals surface area contributed by atoms with Crippen LogP contribution in [0.1, 0.15) is 62.5 Å². The molecule has 0 saturated carbocycles. The molecule has 0 unspecified atom stereocenters. The van der Waals surface area contributed by atoms with E-state index in [4.69, 9.17) is 4.42 Å². The van der Waals surface area contributed by atoms with Crippen molar-refractivity contribution in [2.45, 2.75) is 65.5 Å². The molecule has 0 saturated heterocycles. The van der Waals surface area contributed by atoms with Crippen molar-refractivity contribution in [2.24, 2.45) is 0 Å². The number of furan rings is 1. The van der Waals surface area contributed by atoms with E-state index < -0.39 is 0 Å². The Labute approximate surface area is 149 Å². The van der Waals surface area contributed by atoms with Crippen molar-refractivity contribution >= 4 is 5.91 Å². The molecule has 0 aliphatic carbocycles. The summed E-state index contributed by atoms with van der Waals surface area (Å²) in [7, 11) is 0. The molecule has 4 heteroatoms. The third kappa shape index (κ3) is 6.73. The summed E-state index contributed by atoms with van der Waals surface area (Å²) in [6.07, 6.45) is 6.14. The fraction of sp³-hybridized carbons (Fsp3) is 0.476. The molecule has 1 amide bonds. The van der Waals surface area contributed by atoms with Crippen molar-refractivity contribution in [2.75, 3.05) is 0 Å². The lowest BCUT2D eigenvalue weighted by atomic mass is 10.1. The van der Waals surface area contributed by atoms with Crippen LogP contribution in [0.15, 0.2) is 40.8 Å². The third-order valence-corrected chi connectivity index (χ3v) is 4.28. The quantitative estimate of drug-likeness (QED) is 0.524. The van der Waals surface area contributed by atoms with Crippen LogP contribution in [0.2, 0.25) is 0 Å². The van der Waals surface area contributed by atoms with Crippen LogP contribution in [0.5, 0.6) is 0 Å². The van der Waals surface area contributed by atoms with Gasteiger partial charge < -0.3 is 9.32 Å².